The molecule has 1 saturated heterocycles. The SMILES string of the molecule is CC(C)(C)NCc1cn(CCOC2CCOC2)nn1. The van der Waals surface area contributed by atoms with Crippen molar-refractivity contribution in [2.75, 3.05) is 19.8 Å². The maximum Gasteiger partial charge on any atom is 0.0965 e. The largest absolute Gasteiger partial charge is 0.379 e. The van der Waals surface area contributed by atoms with Crippen molar-refractivity contribution < 1.29 is 9.47 Å². The quantitative estimate of drug-likeness (QED) is 0.833. The van der Waals surface area contributed by atoms with Crippen molar-refractivity contribution in [3.05, 3.63) is 11.9 Å². The summed E-state index contributed by atoms with van der Waals surface area (Å²) in [6.45, 7) is 10.1. The number of hydrogen-bond acceptors (Lipinski definition) is 5. The number of aromatic nitrogens is 3. The van der Waals surface area contributed by atoms with Gasteiger partial charge >= 0.3 is 0 Å². The lowest BCUT2D eigenvalue weighted by molar-refractivity contribution is 0.0369. The van der Waals surface area contributed by atoms with Gasteiger partial charge in [-0.05, 0) is 27.2 Å². The molecule has 0 saturated carbocycles. The molecule has 1 aromatic rings. The van der Waals surface area contributed by atoms with E-state index in [2.05, 4.69) is 36.4 Å². The van der Waals surface area contributed by atoms with Gasteiger partial charge in [-0.15, -0.1) is 5.10 Å². The van der Waals surface area contributed by atoms with Crippen LogP contribution < -0.4 is 5.32 Å². The van der Waals surface area contributed by atoms with Crippen LogP contribution in [0.5, 0.6) is 0 Å². The summed E-state index contributed by atoms with van der Waals surface area (Å²) in [5, 5.41) is 11.6. The third-order valence-corrected chi connectivity index (χ3v) is 2.95. The van der Waals surface area contributed by atoms with Gasteiger partial charge in [-0.3, -0.25) is 0 Å². The van der Waals surface area contributed by atoms with Crippen LogP contribution in [-0.2, 0) is 22.6 Å². The molecule has 1 aliphatic heterocycles. The number of nitrogens with zero attached hydrogens (tertiary/aromatic N) is 3. The molecule has 0 aliphatic carbocycles. The summed E-state index contributed by atoms with van der Waals surface area (Å²) in [4.78, 5) is 0. The van der Waals surface area contributed by atoms with Gasteiger partial charge in [-0.25, -0.2) is 4.68 Å². The second-order valence-electron chi connectivity index (χ2n) is 5.93. The van der Waals surface area contributed by atoms with E-state index in [-0.39, 0.29) is 11.6 Å². The van der Waals surface area contributed by atoms with E-state index in [4.69, 9.17) is 9.47 Å². The topological polar surface area (TPSA) is 61.2 Å². The standard InChI is InChI=1S/C13H24N4O2/c1-13(2,3)14-8-11-9-17(16-15-11)5-7-19-12-4-6-18-10-12/h9,12,14H,4-8,10H2,1-3H3. The highest BCUT2D eigenvalue weighted by atomic mass is 16.5. The zero-order valence-electron chi connectivity index (χ0n) is 12.1. The minimum absolute atomic E-state index is 0.0926. The molecular weight excluding hydrogens is 244 g/mol. The lowest BCUT2D eigenvalue weighted by atomic mass is 10.1. The van der Waals surface area contributed by atoms with Gasteiger partial charge in [0.1, 0.15) is 0 Å². The molecule has 0 amide bonds. The van der Waals surface area contributed by atoms with Crippen molar-refractivity contribution >= 4 is 0 Å². The average molecular weight is 268 g/mol. The Kier molecular flexibility index (Phi) is 4.90. The van der Waals surface area contributed by atoms with E-state index in [1.807, 2.05) is 10.9 Å². The molecule has 2 rings (SSSR count). The number of rotatable bonds is 6. The maximum atomic E-state index is 5.70. The molecule has 108 valence electrons. The van der Waals surface area contributed by atoms with Crippen LogP contribution in [0.25, 0.3) is 0 Å². The second kappa shape index (κ2) is 6.45. The molecule has 6 heteroatoms. The zero-order valence-corrected chi connectivity index (χ0v) is 12.1. The summed E-state index contributed by atoms with van der Waals surface area (Å²) in [5.41, 5.74) is 1.05. The zero-order chi connectivity index (χ0) is 13.7. The molecule has 19 heavy (non-hydrogen) atoms. The van der Waals surface area contributed by atoms with Crippen LogP contribution in [0.1, 0.15) is 32.9 Å². The van der Waals surface area contributed by atoms with Crippen LogP contribution in [0, 0.1) is 0 Å². The summed E-state index contributed by atoms with van der Waals surface area (Å²) in [6, 6.07) is 0. The first-order valence-corrected chi connectivity index (χ1v) is 6.86. The Morgan fingerprint density at radius 2 is 2.37 bits per heavy atom. The molecule has 1 unspecified atom stereocenters. The molecule has 1 N–H and O–H groups in total. The molecule has 0 radical (unpaired) electrons. The Labute approximate surface area is 114 Å². The molecule has 1 atom stereocenters. The molecule has 1 aromatic heterocycles. The predicted octanol–water partition coefficient (Wildman–Crippen LogP) is 0.972. The Bertz CT molecular complexity index is 380. The Morgan fingerprint density at radius 1 is 1.53 bits per heavy atom. The van der Waals surface area contributed by atoms with Crippen molar-refractivity contribution in [1.29, 1.82) is 0 Å². The van der Waals surface area contributed by atoms with Gasteiger partial charge in [0, 0.05) is 24.9 Å². The molecule has 0 aromatic carbocycles. The van der Waals surface area contributed by atoms with Crippen molar-refractivity contribution in [2.45, 2.75) is 51.9 Å². The van der Waals surface area contributed by atoms with Gasteiger partial charge < -0.3 is 14.8 Å². The van der Waals surface area contributed by atoms with Crippen LogP contribution in [-0.4, -0.2) is 46.5 Å². The molecule has 6 nitrogen and oxygen atoms in total. The fourth-order valence-electron chi connectivity index (χ4n) is 1.84. The van der Waals surface area contributed by atoms with Gasteiger partial charge in [0.2, 0.25) is 0 Å². The fraction of sp³-hybridized carbons (Fsp3) is 0.846. The van der Waals surface area contributed by atoms with E-state index in [1.54, 1.807) is 0 Å². The molecule has 2 heterocycles. The number of ether oxygens (including phenoxy) is 2. The lowest BCUT2D eigenvalue weighted by Crippen LogP contribution is -2.35. The van der Waals surface area contributed by atoms with Crippen molar-refractivity contribution in [1.82, 2.24) is 20.3 Å². The van der Waals surface area contributed by atoms with Crippen molar-refractivity contribution in [3.8, 4) is 0 Å². The normalized spacial score (nSPS) is 20.1. The van der Waals surface area contributed by atoms with E-state index in [0.29, 0.717) is 6.61 Å². The van der Waals surface area contributed by atoms with Gasteiger partial charge in [-0.1, -0.05) is 5.21 Å². The molecule has 0 spiro atoms. The average Bonchev–Trinajstić information content (AvgIpc) is 2.97. The van der Waals surface area contributed by atoms with Crippen LogP contribution in [0.3, 0.4) is 0 Å². The van der Waals surface area contributed by atoms with Crippen LogP contribution >= 0.6 is 0 Å². The Balaban J connectivity index is 1.68. The summed E-state index contributed by atoms with van der Waals surface area (Å²) in [6.07, 6.45) is 3.22. The fourth-order valence-corrected chi connectivity index (χ4v) is 1.84. The molecule has 0 bridgehead atoms. The minimum Gasteiger partial charge on any atom is -0.379 e. The Hall–Kier alpha value is -0.980. The maximum absolute atomic E-state index is 5.70. The smallest absolute Gasteiger partial charge is 0.0965 e. The highest BCUT2D eigenvalue weighted by molar-refractivity contribution is 4.93. The highest BCUT2D eigenvalue weighted by Gasteiger charge is 2.15. The van der Waals surface area contributed by atoms with Crippen molar-refractivity contribution in [2.24, 2.45) is 0 Å². The first kappa shape index (κ1) is 14.4. The molecular formula is C13H24N4O2. The molecule has 1 aliphatic rings. The number of nitrogens with one attached hydrogen (secondary N) is 1. The van der Waals surface area contributed by atoms with E-state index in [9.17, 15) is 0 Å². The summed E-state index contributed by atoms with van der Waals surface area (Å²) < 4.78 is 12.8. The summed E-state index contributed by atoms with van der Waals surface area (Å²) in [7, 11) is 0. The monoisotopic (exact) mass is 268 g/mol. The second-order valence-corrected chi connectivity index (χ2v) is 5.93. The van der Waals surface area contributed by atoms with Gasteiger partial charge in [0.05, 0.1) is 31.6 Å². The van der Waals surface area contributed by atoms with Gasteiger partial charge in [-0.2, -0.15) is 0 Å². The van der Waals surface area contributed by atoms with E-state index >= 15 is 0 Å². The summed E-state index contributed by atoms with van der Waals surface area (Å²) in [5.74, 6) is 0. The first-order valence-electron chi connectivity index (χ1n) is 6.86. The third-order valence-electron chi connectivity index (χ3n) is 2.95. The van der Waals surface area contributed by atoms with E-state index < -0.39 is 0 Å². The minimum atomic E-state index is 0.0926. The number of hydrogen-bond donors (Lipinski definition) is 1. The predicted molar refractivity (Wildman–Crippen MR) is 71.8 cm³/mol. The van der Waals surface area contributed by atoms with Crippen LogP contribution in [0.2, 0.25) is 0 Å². The summed E-state index contributed by atoms with van der Waals surface area (Å²) >= 11 is 0. The lowest BCUT2D eigenvalue weighted by Gasteiger charge is -2.19. The molecule has 1 fully saturated rings. The van der Waals surface area contributed by atoms with Crippen LogP contribution in [0.15, 0.2) is 6.20 Å². The van der Waals surface area contributed by atoms with Crippen molar-refractivity contribution in [3.63, 3.8) is 0 Å². The first-order chi connectivity index (χ1) is 9.03. The van der Waals surface area contributed by atoms with E-state index in [1.165, 1.54) is 0 Å². The highest BCUT2D eigenvalue weighted by Crippen LogP contribution is 2.08. The third kappa shape index (κ3) is 5.26. The van der Waals surface area contributed by atoms with Gasteiger partial charge in [0.15, 0.2) is 0 Å². The van der Waals surface area contributed by atoms with E-state index in [0.717, 1.165) is 38.4 Å². The van der Waals surface area contributed by atoms with Gasteiger partial charge in [0.25, 0.3) is 0 Å². The van der Waals surface area contributed by atoms with Crippen LogP contribution in [0.4, 0.5) is 0 Å². The Morgan fingerprint density at radius 3 is 3.05 bits per heavy atom.